The van der Waals surface area contributed by atoms with Crippen LogP contribution in [0.4, 0.5) is 0 Å². The van der Waals surface area contributed by atoms with Crippen molar-refractivity contribution in [3.63, 3.8) is 0 Å². The van der Waals surface area contributed by atoms with Gasteiger partial charge in [0.2, 0.25) is 0 Å². The molecule has 0 amide bonds. The number of aliphatic hydroxyl groups excluding tert-OH is 1. The highest BCUT2D eigenvalue weighted by molar-refractivity contribution is 7.19. The van der Waals surface area contributed by atoms with E-state index >= 15 is 0 Å². The monoisotopic (exact) mass is 228 g/mol. The van der Waals surface area contributed by atoms with Gasteiger partial charge in [0, 0.05) is 4.88 Å². The smallest absolute Gasteiger partial charge is 0.129 e. The lowest BCUT2D eigenvalue weighted by atomic mass is 10.2. The maximum Gasteiger partial charge on any atom is 0.129 e. The second-order valence-electron chi connectivity index (χ2n) is 2.96. The van der Waals surface area contributed by atoms with Crippen molar-refractivity contribution in [3.8, 4) is 0 Å². The van der Waals surface area contributed by atoms with Crippen molar-refractivity contribution in [1.82, 2.24) is 4.98 Å². The molecule has 0 aliphatic rings. The summed E-state index contributed by atoms with van der Waals surface area (Å²) in [4.78, 5) is 5.08. The van der Waals surface area contributed by atoms with Crippen molar-refractivity contribution >= 4 is 33.2 Å². The molecule has 2 aromatic rings. The van der Waals surface area contributed by atoms with E-state index in [0.717, 1.165) is 15.1 Å². The van der Waals surface area contributed by atoms with Gasteiger partial charge < -0.3 is 10.8 Å². The normalized spacial score (nSPS) is 13.4. The van der Waals surface area contributed by atoms with Crippen LogP contribution in [0.15, 0.2) is 18.2 Å². The molecule has 14 heavy (non-hydrogen) atoms. The number of hydrogen-bond acceptors (Lipinski definition) is 4. The maximum absolute atomic E-state index is 8.90. The first kappa shape index (κ1) is 9.86. The Labute approximate surface area is 90.1 Å². The van der Waals surface area contributed by atoms with Gasteiger partial charge in [-0.05, 0) is 18.2 Å². The zero-order valence-electron chi connectivity index (χ0n) is 7.27. The highest BCUT2D eigenvalue weighted by Gasteiger charge is 2.09. The summed E-state index contributed by atoms with van der Waals surface area (Å²) >= 11 is 7.29. The Hall–Kier alpha value is -0.680. The van der Waals surface area contributed by atoms with E-state index in [9.17, 15) is 0 Å². The molecule has 5 heteroatoms. The molecule has 0 spiro atoms. The third-order valence-electron chi connectivity index (χ3n) is 1.92. The summed E-state index contributed by atoms with van der Waals surface area (Å²) in [5, 5.41) is 9.37. The topological polar surface area (TPSA) is 59.1 Å². The SMILES string of the molecule is N[C@H](CO)c1cc2nc(Cl)ccc2s1. The fraction of sp³-hybridized carbons (Fsp3) is 0.222. The minimum absolute atomic E-state index is 0.0550. The first-order valence-electron chi connectivity index (χ1n) is 4.13. The molecule has 0 aliphatic heterocycles. The fourth-order valence-corrected chi connectivity index (χ4v) is 2.34. The van der Waals surface area contributed by atoms with Gasteiger partial charge >= 0.3 is 0 Å². The number of aliphatic hydroxyl groups is 1. The molecule has 1 atom stereocenters. The van der Waals surface area contributed by atoms with E-state index in [1.807, 2.05) is 12.1 Å². The van der Waals surface area contributed by atoms with Gasteiger partial charge in [-0.2, -0.15) is 0 Å². The number of pyridine rings is 1. The lowest BCUT2D eigenvalue weighted by Gasteiger charge is -2.01. The molecule has 0 aromatic carbocycles. The summed E-state index contributed by atoms with van der Waals surface area (Å²) in [5.41, 5.74) is 6.53. The quantitative estimate of drug-likeness (QED) is 0.773. The number of nitrogens with zero attached hydrogens (tertiary/aromatic N) is 1. The zero-order chi connectivity index (χ0) is 10.1. The number of nitrogens with two attached hydrogens (primary N) is 1. The third-order valence-corrected chi connectivity index (χ3v) is 3.35. The van der Waals surface area contributed by atoms with Crippen LogP contribution in [0.5, 0.6) is 0 Å². The average molecular weight is 229 g/mol. The number of rotatable bonds is 2. The Bertz CT molecular complexity index is 457. The molecular formula is C9H9ClN2OS. The van der Waals surface area contributed by atoms with Gasteiger partial charge in [0.15, 0.2) is 0 Å². The molecule has 74 valence electrons. The Balaban J connectivity index is 2.51. The summed E-state index contributed by atoms with van der Waals surface area (Å²) in [6, 6.07) is 5.19. The number of halogens is 1. The molecule has 2 aromatic heterocycles. The second-order valence-corrected chi connectivity index (χ2v) is 4.46. The predicted octanol–water partition coefficient (Wildman–Crippen LogP) is 1.94. The Morgan fingerprint density at radius 3 is 3.07 bits per heavy atom. The van der Waals surface area contributed by atoms with Crippen molar-refractivity contribution in [1.29, 1.82) is 0 Å². The first-order valence-corrected chi connectivity index (χ1v) is 5.32. The lowest BCUT2D eigenvalue weighted by Crippen LogP contribution is -2.12. The summed E-state index contributed by atoms with van der Waals surface area (Å²) < 4.78 is 1.04. The molecule has 0 saturated heterocycles. The first-order chi connectivity index (χ1) is 6.70. The third kappa shape index (κ3) is 1.74. The molecule has 3 N–H and O–H groups in total. The average Bonchev–Trinajstić information content (AvgIpc) is 2.59. The number of aromatic nitrogens is 1. The molecule has 0 unspecified atom stereocenters. The van der Waals surface area contributed by atoms with Gasteiger partial charge in [0.1, 0.15) is 5.15 Å². The molecule has 0 radical (unpaired) electrons. The largest absolute Gasteiger partial charge is 0.394 e. The van der Waals surface area contributed by atoms with Crippen LogP contribution >= 0.6 is 22.9 Å². The van der Waals surface area contributed by atoms with Crippen LogP contribution in [0.1, 0.15) is 10.9 Å². The lowest BCUT2D eigenvalue weighted by molar-refractivity contribution is 0.269. The zero-order valence-corrected chi connectivity index (χ0v) is 8.85. The van der Waals surface area contributed by atoms with Crippen molar-refractivity contribution in [2.24, 2.45) is 5.73 Å². The standard InChI is InChI=1S/C9H9ClN2OS/c10-9-2-1-7-6(12-9)3-8(14-7)5(11)4-13/h1-3,5,13H,4,11H2/t5-/m1/s1. The van der Waals surface area contributed by atoms with E-state index in [1.54, 1.807) is 6.07 Å². The highest BCUT2D eigenvalue weighted by atomic mass is 35.5. The minimum atomic E-state index is -0.326. The molecular weight excluding hydrogens is 220 g/mol. The molecule has 0 aliphatic carbocycles. The predicted molar refractivity (Wildman–Crippen MR) is 58.6 cm³/mol. The Morgan fingerprint density at radius 1 is 1.57 bits per heavy atom. The second kappa shape index (κ2) is 3.82. The van der Waals surface area contributed by atoms with E-state index in [4.69, 9.17) is 22.4 Å². The van der Waals surface area contributed by atoms with Crippen LogP contribution in [0.25, 0.3) is 10.2 Å². The molecule has 3 nitrogen and oxygen atoms in total. The van der Waals surface area contributed by atoms with Gasteiger partial charge in [-0.1, -0.05) is 11.6 Å². The molecule has 2 rings (SSSR count). The van der Waals surface area contributed by atoms with Gasteiger partial charge in [0.25, 0.3) is 0 Å². The van der Waals surface area contributed by atoms with Gasteiger partial charge in [-0.15, -0.1) is 11.3 Å². The molecule has 0 bridgehead atoms. The van der Waals surface area contributed by atoms with Crippen molar-refractivity contribution < 1.29 is 5.11 Å². The fourth-order valence-electron chi connectivity index (χ4n) is 1.19. The van der Waals surface area contributed by atoms with E-state index in [0.29, 0.717) is 5.15 Å². The van der Waals surface area contributed by atoms with Gasteiger partial charge in [-0.25, -0.2) is 4.98 Å². The highest BCUT2D eigenvalue weighted by Crippen LogP contribution is 2.28. The summed E-state index contributed by atoms with van der Waals surface area (Å²) in [6.45, 7) is -0.0550. The van der Waals surface area contributed by atoms with Gasteiger partial charge in [-0.3, -0.25) is 0 Å². The van der Waals surface area contributed by atoms with E-state index in [-0.39, 0.29) is 12.6 Å². The summed E-state index contributed by atoms with van der Waals surface area (Å²) in [7, 11) is 0. The number of fused-ring (bicyclic) bond motifs is 1. The molecule has 2 heterocycles. The Kier molecular flexibility index (Phi) is 2.69. The maximum atomic E-state index is 8.90. The van der Waals surface area contributed by atoms with E-state index in [1.165, 1.54) is 11.3 Å². The van der Waals surface area contributed by atoms with Crippen LogP contribution in [0.2, 0.25) is 5.15 Å². The van der Waals surface area contributed by atoms with Crippen LogP contribution in [0.3, 0.4) is 0 Å². The number of thiophene rings is 1. The van der Waals surface area contributed by atoms with Crippen LogP contribution in [-0.2, 0) is 0 Å². The Morgan fingerprint density at radius 2 is 2.36 bits per heavy atom. The van der Waals surface area contributed by atoms with Crippen LogP contribution in [-0.4, -0.2) is 16.7 Å². The van der Waals surface area contributed by atoms with Crippen molar-refractivity contribution in [2.75, 3.05) is 6.61 Å². The van der Waals surface area contributed by atoms with Crippen LogP contribution in [0, 0.1) is 0 Å². The summed E-state index contributed by atoms with van der Waals surface area (Å²) in [6.07, 6.45) is 0. The van der Waals surface area contributed by atoms with E-state index in [2.05, 4.69) is 4.98 Å². The van der Waals surface area contributed by atoms with E-state index < -0.39 is 0 Å². The minimum Gasteiger partial charge on any atom is -0.394 e. The molecule has 0 saturated carbocycles. The van der Waals surface area contributed by atoms with Crippen molar-refractivity contribution in [3.05, 3.63) is 28.2 Å². The number of hydrogen-bond donors (Lipinski definition) is 2. The van der Waals surface area contributed by atoms with Crippen LogP contribution < -0.4 is 5.73 Å². The summed E-state index contributed by atoms with van der Waals surface area (Å²) in [5.74, 6) is 0. The molecule has 0 fully saturated rings. The van der Waals surface area contributed by atoms with Crippen molar-refractivity contribution in [2.45, 2.75) is 6.04 Å². The van der Waals surface area contributed by atoms with Gasteiger partial charge in [0.05, 0.1) is 22.9 Å².